The summed E-state index contributed by atoms with van der Waals surface area (Å²) in [4.78, 5) is 14.0. The summed E-state index contributed by atoms with van der Waals surface area (Å²) in [5, 5.41) is 0. The summed E-state index contributed by atoms with van der Waals surface area (Å²) in [6.07, 6.45) is 1.66. The van der Waals surface area contributed by atoms with Crippen molar-refractivity contribution >= 4 is 11.6 Å². The van der Waals surface area contributed by atoms with Crippen LogP contribution in [-0.4, -0.2) is 18.5 Å². The van der Waals surface area contributed by atoms with Crippen molar-refractivity contribution in [2.75, 3.05) is 11.4 Å². The predicted octanol–water partition coefficient (Wildman–Crippen LogP) is 2.93. The Hall–Kier alpha value is -2.33. The summed E-state index contributed by atoms with van der Waals surface area (Å²) in [6, 6.07) is 16.7. The van der Waals surface area contributed by atoms with Gasteiger partial charge in [0.2, 0.25) is 5.91 Å². The van der Waals surface area contributed by atoms with Crippen LogP contribution in [0, 0.1) is 0 Å². The summed E-state index contributed by atoms with van der Waals surface area (Å²) < 4.78 is 5.91. The first-order valence-electron chi connectivity index (χ1n) is 7.14. The van der Waals surface area contributed by atoms with Crippen molar-refractivity contribution in [2.24, 2.45) is 5.73 Å². The van der Waals surface area contributed by atoms with Gasteiger partial charge in [0.15, 0.2) is 5.75 Å². The van der Waals surface area contributed by atoms with Gasteiger partial charge < -0.3 is 15.4 Å². The molecule has 0 aliphatic carbocycles. The second-order valence-electron chi connectivity index (χ2n) is 5.12. The minimum absolute atomic E-state index is 0.0367. The average Bonchev–Trinajstić information content (AvgIpc) is 2.52. The molecule has 1 saturated heterocycles. The molecule has 1 unspecified atom stereocenters. The molecule has 0 aromatic heterocycles. The van der Waals surface area contributed by atoms with Gasteiger partial charge in [-0.3, -0.25) is 4.79 Å². The number of ether oxygens (including phenoxy) is 1. The lowest BCUT2D eigenvalue weighted by Crippen LogP contribution is -2.48. The minimum atomic E-state index is -0.413. The van der Waals surface area contributed by atoms with E-state index in [1.54, 1.807) is 4.90 Å². The third-order valence-electron chi connectivity index (χ3n) is 3.61. The van der Waals surface area contributed by atoms with E-state index in [1.165, 1.54) is 0 Å². The van der Waals surface area contributed by atoms with Crippen LogP contribution in [0.25, 0.3) is 0 Å². The summed E-state index contributed by atoms with van der Waals surface area (Å²) >= 11 is 0. The monoisotopic (exact) mass is 282 g/mol. The van der Waals surface area contributed by atoms with Crippen LogP contribution in [0.3, 0.4) is 0 Å². The van der Waals surface area contributed by atoms with Crippen LogP contribution in [0.2, 0.25) is 0 Å². The first-order chi connectivity index (χ1) is 10.3. The van der Waals surface area contributed by atoms with E-state index in [9.17, 15) is 4.79 Å². The Bertz CT molecular complexity index is 628. The van der Waals surface area contributed by atoms with Crippen LogP contribution in [-0.2, 0) is 4.79 Å². The molecule has 1 fully saturated rings. The summed E-state index contributed by atoms with van der Waals surface area (Å²) in [5.41, 5.74) is 6.66. The Labute approximate surface area is 124 Å². The molecule has 4 nitrogen and oxygen atoms in total. The first-order valence-corrected chi connectivity index (χ1v) is 7.14. The van der Waals surface area contributed by atoms with Gasteiger partial charge in [-0.1, -0.05) is 30.3 Å². The summed E-state index contributed by atoms with van der Waals surface area (Å²) in [5.74, 6) is 1.38. The highest BCUT2D eigenvalue weighted by Crippen LogP contribution is 2.33. The lowest BCUT2D eigenvalue weighted by atomic mass is 10.0. The van der Waals surface area contributed by atoms with E-state index in [0.717, 1.165) is 24.3 Å². The van der Waals surface area contributed by atoms with Crippen molar-refractivity contribution in [1.82, 2.24) is 0 Å². The van der Waals surface area contributed by atoms with Crippen LogP contribution in [0.15, 0.2) is 54.6 Å². The Balaban J connectivity index is 1.91. The SMILES string of the molecule is NC1CCCN(c2ccccc2Oc2ccccc2)C1=O. The average molecular weight is 282 g/mol. The molecule has 2 N–H and O–H groups in total. The molecular weight excluding hydrogens is 264 g/mol. The molecule has 1 heterocycles. The Kier molecular flexibility index (Phi) is 3.88. The molecular formula is C17H18N2O2. The van der Waals surface area contributed by atoms with E-state index in [0.29, 0.717) is 12.3 Å². The first kappa shape index (κ1) is 13.6. The zero-order valence-corrected chi connectivity index (χ0v) is 11.7. The molecule has 2 aromatic rings. The Morgan fingerprint density at radius 3 is 2.57 bits per heavy atom. The van der Waals surface area contributed by atoms with E-state index in [1.807, 2.05) is 54.6 Å². The number of nitrogens with zero attached hydrogens (tertiary/aromatic N) is 1. The summed E-state index contributed by atoms with van der Waals surface area (Å²) in [6.45, 7) is 0.682. The summed E-state index contributed by atoms with van der Waals surface area (Å²) in [7, 11) is 0. The van der Waals surface area contributed by atoms with Crippen molar-refractivity contribution in [1.29, 1.82) is 0 Å². The second kappa shape index (κ2) is 5.97. The van der Waals surface area contributed by atoms with Gasteiger partial charge in [-0.25, -0.2) is 0 Å². The number of carbonyl (C=O) groups is 1. The zero-order chi connectivity index (χ0) is 14.7. The number of carbonyl (C=O) groups excluding carboxylic acids is 1. The third-order valence-corrected chi connectivity index (χ3v) is 3.61. The molecule has 1 atom stereocenters. The van der Waals surface area contributed by atoms with Gasteiger partial charge in [-0.05, 0) is 37.1 Å². The number of para-hydroxylation sites is 3. The fourth-order valence-corrected chi connectivity index (χ4v) is 2.52. The van der Waals surface area contributed by atoms with E-state index in [2.05, 4.69) is 0 Å². The molecule has 0 bridgehead atoms. The van der Waals surface area contributed by atoms with Gasteiger partial charge in [-0.15, -0.1) is 0 Å². The van der Waals surface area contributed by atoms with Crippen molar-refractivity contribution in [3.8, 4) is 11.5 Å². The van der Waals surface area contributed by atoms with E-state index < -0.39 is 6.04 Å². The number of anilines is 1. The molecule has 3 rings (SSSR count). The van der Waals surface area contributed by atoms with Crippen molar-refractivity contribution in [3.05, 3.63) is 54.6 Å². The van der Waals surface area contributed by atoms with Crippen LogP contribution in [0.5, 0.6) is 11.5 Å². The Morgan fingerprint density at radius 2 is 1.76 bits per heavy atom. The Morgan fingerprint density at radius 1 is 1.05 bits per heavy atom. The van der Waals surface area contributed by atoms with Gasteiger partial charge in [-0.2, -0.15) is 0 Å². The van der Waals surface area contributed by atoms with Gasteiger partial charge in [0, 0.05) is 6.54 Å². The molecule has 0 radical (unpaired) electrons. The van der Waals surface area contributed by atoms with E-state index >= 15 is 0 Å². The maximum absolute atomic E-state index is 12.3. The van der Waals surface area contributed by atoms with Crippen LogP contribution in [0.1, 0.15) is 12.8 Å². The van der Waals surface area contributed by atoms with Gasteiger partial charge in [0.05, 0.1) is 11.7 Å². The van der Waals surface area contributed by atoms with Gasteiger partial charge in [0.25, 0.3) is 0 Å². The lowest BCUT2D eigenvalue weighted by Gasteiger charge is -2.31. The fraction of sp³-hybridized carbons (Fsp3) is 0.235. The molecule has 0 saturated carbocycles. The number of amides is 1. The van der Waals surface area contributed by atoms with Crippen LogP contribution in [0.4, 0.5) is 5.69 Å². The van der Waals surface area contributed by atoms with Gasteiger partial charge in [0.1, 0.15) is 5.75 Å². The lowest BCUT2D eigenvalue weighted by molar-refractivity contribution is -0.120. The van der Waals surface area contributed by atoms with Crippen molar-refractivity contribution in [2.45, 2.75) is 18.9 Å². The molecule has 21 heavy (non-hydrogen) atoms. The van der Waals surface area contributed by atoms with E-state index in [4.69, 9.17) is 10.5 Å². The number of hydrogen-bond donors (Lipinski definition) is 1. The normalized spacial score (nSPS) is 18.6. The standard InChI is InChI=1S/C17H18N2O2/c18-14-9-6-12-19(17(14)20)15-10-4-5-11-16(15)21-13-7-2-1-3-8-13/h1-5,7-8,10-11,14H,6,9,12,18H2. The maximum Gasteiger partial charge on any atom is 0.244 e. The minimum Gasteiger partial charge on any atom is -0.455 e. The van der Waals surface area contributed by atoms with Crippen molar-refractivity contribution < 1.29 is 9.53 Å². The quantitative estimate of drug-likeness (QED) is 0.941. The highest BCUT2D eigenvalue weighted by Gasteiger charge is 2.28. The maximum atomic E-state index is 12.3. The smallest absolute Gasteiger partial charge is 0.244 e. The largest absolute Gasteiger partial charge is 0.455 e. The molecule has 108 valence electrons. The van der Waals surface area contributed by atoms with Crippen LogP contribution < -0.4 is 15.4 Å². The molecule has 0 spiro atoms. The number of benzene rings is 2. The highest BCUT2D eigenvalue weighted by atomic mass is 16.5. The molecule has 2 aromatic carbocycles. The van der Waals surface area contributed by atoms with Crippen molar-refractivity contribution in [3.63, 3.8) is 0 Å². The van der Waals surface area contributed by atoms with Crippen LogP contribution >= 0.6 is 0 Å². The second-order valence-corrected chi connectivity index (χ2v) is 5.12. The topological polar surface area (TPSA) is 55.6 Å². The number of piperidine rings is 1. The highest BCUT2D eigenvalue weighted by molar-refractivity contribution is 5.99. The van der Waals surface area contributed by atoms with E-state index in [-0.39, 0.29) is 5.91 Å². The number of hydrogen-bond acceptors (Lipinski definition) is 3. The molecule has 1 amide bonds. The third kappa shape index (κ3) is 2.90. The fourth-order valence-electron chi connectivity index (χ4n) is 2.52. The number of rotatable bonds is 3. The number of nitrogens with two attached hydrogens (primary N) is 1. The molecule has 4 heteroatoms. The zero-order valence-electron chi connectivity index (χ0n) is 11.7. The molecule has 1 aliphatic heterocycles. The predicted molar refractivity (Wildman–Crippen MR) is 82.5 cm³/mol. The van der Waals surface area contributed by atoms with Gasteiger partial charge >= 0.3 is 0 Å². The molecule has 1 aliphatic rings.